The van der Waals surface area contributed by atoms with E-state index in [1.54, 1.807) is 11.7 Å². The summed E-state index contributed by atoms with van der Waals surface area (Å²) >= 11 is 0. The van der Waals surface area contributed by atoms with Crippen molar-refractivity contribution in [1.82, 2.24) is 9.78 Å². The molecule has 0 spiro atoms. The molecule has 0 aliphatic carbocycles. The van der Waals surface area contributed by atoms with Crippen LogP contribution in [0.5, 0.6) is 0 Å². The molecule has 1 atom stereocenters. The molecular formula is C10H18N2O3S. The first kappa shape index (κ1) is 13.2. The van der Waals surface area contributed by atoms with Crippen LogP contribution in [0.2, 0.25) is 0 Å². The molecule has 92 valence electrons. The second-order valence-corrected chi connectivity index (χ2v) is 6.23. The number of nitrogens with zero attached hydrogens (tertiary/aromatic N) is 2. The van der Waals surface area contributed by atoms with Crippen molar-refractivity contribution < 1.29 is 13.5 Å². The summed E-state index contributed by atoms with van der Waals surface area (Å²) in [6.45, 7) is 1.98. The highest BCUT2D eigenvalue weighted by Gasteiger charge is 2.15. The van der Waals surface area contributed by atoms with Crippen molar-refractivity contribution in [3.63, 3.8) is 0 Å². The van der Waals surface area contributed by atoms with Crippen LogP contribution in [-0.4, -0.2) is 35.3 Å². The molecule has 1 aromatic rings. The van der Waals surface area contributed by atoms with Gasteiger partial charge in [0.15, 0.2) is 0 Å². The van der Waals surface area contributed by atoms with Gasteiger partial charge in [-0.2, -0.15) is 5.10 Å². The molecule has 0 radical (unpaired) electrons. The van der Waals surface area contributed by atoms with Gasteiger partial charge >= 0.3 is 0 Å². The molecule has 0 fully saturated rings. The minimum Gasteiger partial charge on any atom is -0.387 e. The van der Waals surface area contributed by atoms with Gasteiger partial charge in [-0.1, -0.05) is 6.92 Å². The topological polar surface area (TPSA) is 72.2 Å². The third kappa shape index (κ3) is 3.61. The van der Waals surface area contributed by atoms with Crippen LogP contribution in [0.15, 0.2) is 6.07 Å². The Labute approximate surface area is 96.0 Å². The molecule has 16 heavy (non-hydrogen) atoms. The first-order chi connectivity index (χ1) is 7.33. The van der Waals surface area contributed by atoms with Crippen molar-refractivity contribution >= 4 is 9.84 Å². The number of rotatable bonds is 5. The summed E-state index contributed by atoms with van der Waals surface area (Å²) < 4.78 is 23.6. The molecule has 1 N–H and O–H groups in total. The van der Waals surface area contributed by atoms with Gasteiger partial charge in [0.05, 0.1) is 23.2 Å². The van der Waals surface area contributed by atoms with Gasteiger partial charge < -0.3 is 5.11 Å². The van der Waals surface area contributed by atoms with Crippen molar-refractivity contribution in [2.24, 2.45) is 7.05 Å². The molecular weight excluding hydrogens is 228 g/mol. The lowest BCUT2D eigenvalue weighted by atomic mass is 10.2. The summed E-state index contributed by atoms with van der Waals surface area (Å²) in [5, 5.41) is 14.1. The Kier molecular flexibility index (Phi) is 4.09. The zero-order valence-electron chi connectivity index (χ0n) is 9.84. The summed E-state index contributed by atoms with van der Waals surface area (Å²) in [6, 6.07) is 1.81. The van der Waals surface area contributed by atoms with Crippen LogP contribution in [0.4, 0.5) is 0 Å². The predicted molar refractivity (Wildman–Crippen MR) is 61.9 cm³/mol. The lowest BCUT2D eigenvalue weighted by Crippen LogP contribution is -2.11. The Morgan fingerprint density at radius 3 is 2.62 bits per heavy atom. The lowest BCUT2D eigenvalue weighted by Gasteiger charge is -2.09. The van der Waals surface area contributed by atoms with Crippen LogP contribution in [0, 0.1) is 0 Å². The van der Waals surface area contributed by atoms with Gasteiger partial charge in [-0.15, -0.1) is 0 Å². The Morgan fingerprint density at radius 1 is 1.56 bits per heavy atom. The second kappa shape index (κ2) is 4.97. The molecule has 0 saturated heterocycles. The smallest absolute Gasteiger partial charge is 0.147 e. The molecule has 5 nitrogen and oxygen atoms in total. The average Bonchev–Trinajstić information content (AvgIpc) is 2.55. The number of aromatic nitrogens is 2. The van der Waals surface area contributed by atoms with Gasteiger partial charge in [-0.25, -0.2) is 8.42 Å². The van der Waals surface area contributed by atoms with E-state index in [0.717, 1.165) is 12.1 Å². The van der Waals surface area contributed by atoms with Gasteiger partial charge in [-0.05, 0) is 18.9 Å². The van der Waals surface area contributed by atoms with Gasteiger partial charge in [0, 0.05) is 13.3 Å². The van der Waals surface area contributed by atoms with Crippen LogP contribution < -0.4 is 0 Å². The molecule has 0 aliphatic heterocycles. The van der Waals surface area contributed by atoms with E-state index < -0.39 is 15.9 Å². The molecule has 1 unspecified atom stereocenters. The minimum absolute atomic E-state index is 0.0131. The fraction of sp³-hybridized carbons (Fsp3) is 0.700. The first-order valence-electron chi connectivity index (χ1n) is 5.22. The largest absolute Gasteiger partial charge is 0.387 e. The Balaban J connectivity index is 2.72. The molecule has 1 heterocycles. The molecule has 0 bridgehead atoms. The van der Waals surface area contributed by atoms with E-state index in [1.165, 1.54) is 6.26 Å². The van der Waals surface area contributed by atoms with E-state index in [4.69, 9.17) is 0 Å². The zero-order valence-corrected chi connectivity index (χ0v) is 10.7. The van der Waals surface area contributed by atoms with Crippen molar-refractivity contribution in [1.29, 1.82) is 0 Å². The summed E-state index contributed by atoms with van der Waals surface area (Å²) in [7, 11) is -1.28. The highest BCUT2D eigenvalue weighted by Crippen LogP contribution is 2.18. The molecule has 0 aliphatic rings. The maximum atomic E-state index is 11.0. The van der Waals surface area contributed by atoms with Crippen molar-refractivity contribution in [2.75, 3.05) is 12.0 Å². The number of sulfone groups is 1. The van der Waals surface area contributed by atoms with Crippen LogP contribution in [-0.2, 0) is 23.3 Å². The monoisotopic (exact) mass is 246 g/mol. The summed E-state index contributed by atoms with van der Waals surface area (Å²) in [5.41, 5.74) is 1.57. The van der Waals surface area contributed by atoms with E-state index >= 15 is 0 Å². The zero-order chi connectivity index (χ0) is 12.3. The minimum atomic E-state index is -3.03. The van der Waals surface area contributed by atoms with E-state index in [1.807, 2.05) is 13.0 Å². The van der Waals surface area contributed by atoms with Crippen molar-refractivity contribution in [2.45, 2.75) is 25.9 Å². The lowest BCUT2D eigenvalue weighted by molar-refractivity contribution is 0.164. The Bertz CT molecular complexity index is 451. The quantitative estimate of drug-likeness (QED) is 0.818. The molecule has 0 amide bonds. The van der Waals surface area contributed by atoms with Gasteiger partial charge in [0.2, 0.25) is 0 Å². The maximum Gasteiger partial charge on any atom is 0.147 e. The average molecular weight is 246 g/mol. The van der Waals surface area contributed by atoms with Crippen LogP contribution in [0.3, 0.4) is 0 Å². The number of aryl methyl sites for hydroxylation is 2. The molecule has 0 saturated carbocycles. The third-order valence-corrected chi connectivity index (χ3v) is 3.41. The normalized spacial score (nSPS) is 14.0. The van der Waals surface area contributed by atoms with Gasteiger partial charge in [0.1, 0.15) is 9.84 Å². The number of hydrogen-bond donors (Lipinski definition) is 1. The summed E-state index contributed by atoms with van der Waals surface area (Å²) in [4.78, 5) is 0. The van der Waals surface area contributed by atoms with Gasteiger partial charge in [-0.3, -0.25) is 4.68 Å². The fourth-order valence-corrected chi connectivity index (χ4v) is 2.15. The summed E-state index contributed by atoms with van der Waals surface area (Å²) in [5.74, 6) is -0.0131. The fourth-order valence-electron chi connectivity index (χ4n) is 1.50. The first-order valence-corrected chi connectivity index (χ1v) is 7.28. The highest BCUT2D eigenvalue weighted by molar-refractivity contribution is 7.90. The van der Waals surface area contributed by atoms with E-state index in [-0.39, 0.29) is 12.2 Å². The Hall–Kier alpha value is -0.880. The number of aliphatic hydroxyl groups is 1. The molecule has 1 aromatic heterocycles. The van der Waals surface area contributed by atoms with Crippen molar-refractivity contribution in [3.8, 4) is 0 Å². The molecule has 6 heteroatoms. The van der Waals surface area contributed by atoms with E-state index in [9.17, 15) is 13.5 Å². The van der Waals surface area contributed by atoms with Crippen molar-refractivity contribution in [3.05, 3.63) is 17.5 Å². The van der Waals surface area contributed by atoms with E-state index in [2.05, 4.69) is 5.10 Å². The SMILES string of the molecule is CCc1cc(C(O)CCS(C)(=O)=O)n(C)n1. The second-order valence-electron chi connectivity index (χ2n) is 3.97. The number of hydrogen-bond acceptors (Lipinski definition) is 4. The maximum absolute atomic E-state index is 11.0. The predicted octanol–water partition coefficient (Wildman–Crippen LogP) is 0.451. The highest BCUT2D eigenvalue weighted by atomic mass is 32.2. The Morgan fingerprint density at radius 2 is 2.19 bits per heavy atom. The molecule has 0 aromatic carbocycles. The summed E-state index contributed by atoms with van der Waals surface area (Å²) in [6.07, 6.45) is 1.40. The van der Waals surface area contributed by atoms with Crippen LogP contribution in [0.25, 0.3) is 0 Å². The van der Waals surface area contributed by atoms with Crippen LogP contribution >= 0.6 is 0 Å². The molecule has 1 rings (SSSR count). The van der Waals surface area contributed by atoms with Gasteiger partial charge in [0.25, 0.3) is 0 Å². The van der Waals surface area contributed by atoms with E-state index in [0.29, 0.717) is 5.69 Å². The van der Waals surface area contributed by atoms with Crippen LogP contribution in [0.1, 0.15) is 30.8 Å². The standard InChI is InChI=1S/C10H18N2O3S/c1-4-8-7-9(12(2)11-8)10(13)5-6-16(3,14)15/h7,10,13H,4-6H2,1-3H3. The number of aliphatic hydroxyl groups excluding tert-OH is 1. The third-order valence-electron chi connectivity index (χ3n) is 2.43.